The molecule has 1 aromatic carbocycles. The number of imide groups is 1. The summed E-state index contributed by atoms with van der Waals surface area (Å²) in [5.74, 6) is -0.729. The maximum absolute atomic E-state index is 13.3. The summed E-state index contributed by atoms with van der Waals surface area (Å²) in [6.45, 7) is 6.05. The van der Waals surface area contributed by atoms with Gasteiger partial charge in [-0.15, -0.1) is 0 Å². The van der Waals surface area contributed by atoms with Crippen LogP contribution in [0.25, 0.3) is 5.57 Å². The Kier molecular flexibility index (Phi) is 7.07. The van der Waals surface area contributed by atoms with E-state index in [1.807, 2.05) is 25.8 Å². The first-order valence-corrected chi connectivity index (χ1v) is 10.6. The van der Waals surface area contributed by atoms with E-state index in [0.29, 0.717) is 16.8 Å². The normalized spacial score (nSPS) is 18.4. The number of piperidine rings is 1. The second-order valence-corrected chi connectivity index (χ2v) is 8.35. The molecule has 2 amide bonds. The summed E-state index contributed by atoms with van der Waals surface area (Å²) in [5, 5.41) is 11.0. The van der Waals surface area contributed by atoms with Gasteiger partial charge >= 0.3 is 0 Å². The SMILES string of the molecule is CC(C)OCCN1C(=O)C(c2ccc([N+](=O)[O-])cc2)=C(N(C)C2CCN(C)CC2)C1=O. The molecular formula is C22H30N4O5. The van der Waals surface area contributed by atoms with Crippen LogP contribution in [-0.4, -0.2) is 83.9 Å². The van der Waals surface area contributed by atoms with Crippen LogP contribution < -0.4 is 0 Å². The molecule has 1 fully saturated rings. The monoisotopic (exact) mass is 430 g/mol. The van der Waals surface area contributed by atoms with Crippen molar-refractivity contribution in [3.63, 3.8) is 0 Å². The van der Waals surface area contributed by atoms with E-state index in [4.69, 9.17) is 4.74 Å². The molecule has 0 bridgehead atoms. The van der Waals surface area contributed by atoms with Gasteiger partial charge < -0.3 is 14.5 Å². The van der Waals surface area contributed by atoms with E-state index in [9.17, 15) is 19.7 Å². The molecule has 0 unspecified atom stereocenters. The third-order valence-corrected chi connectivity index (χ3v) is 5.86. The van der Waals surface area contributed by atoms with E-state index in [0.717, 1.165) is 25.9 Å². The molecule has 2 aliphatic heterocycles. The number of non-ortho nitro benzene ring substituents is 1. The van der Waals surface area contributed by atoms with Crippen LogP contribution in [0.3, 0.4) is 0 Å². The van der Waals surface area contributed by atoms with E-state index in [1.54, 1.807) is 0 Å². The molecule has 0 spiro atoms. The van der Waals surface area contributed by atoms with Crippen LogP contribution in [0.2, 0.25) is 0 Å². The molecule has 0 saturated carbocycles. The van der Waals surface area contributed by atoms with Gasteiger partial charge in [-0.05, 0) is 64.5 Å². The van der Waals surface area contributed by atoms with Crippen molar-refractivity contribution in [2.24, 2.45) is 0 Å². The fraction of sp³-hybridized carbons (Fsp3) is 0.545. The van der Waals surface area contributed by atoms with Crippen LogP contribution in [-0.2, 0) is 14.3 Å². The molecule has 0 aliphatic carbocycles. The lowest BCUT2D eigenvalue weighted by Crippen LogP contribution is -2.44. The van der Waals surface area contributed by atoms with Crippen LogP contribution in [0.1, 0.15) is 32.3 Å². The molecule has 31 heavy (non-hydrogen) atoms. The molecule has 9 heteroatoms. The lowest BCUT2D eigenvalue weighted by molar-refractivity contribution is -0.384. The van der Waals surface area contributed by atoms with Gasteiger partial charge in [-0.3, -0.25) is 24.6 Å². The highest BCUT2D eigenvalue weighted by Gasteiger charge is 2.42. The van der Waals surface area contributed by atoms with Crippen molar-refractivity contribution >= 4 is 23.1 Å². The second-order valence-electron chi connectivity index (χ2n) is 8.35. The van der Waals surface area contributed by atoms with Crippen LogP contribution >= 0.6 is 0 Å². The topological polar surface area (TPSA) is 96.2 Å². The van der Waals surface area contributed by atoms with E-state index >= 15 is 0 Å². The van der Waals surface area contributed by atoms with Crippen molar-refractivity contribution < 1.29 is 19.2 Å². The maximum atomic E-state index is 13.3. The summed E-state index contributed by atoms with van der Waals surface area (Å²) >= 11 is 0. The maximum Gasteiger partial charge on any atom is 0.277 e. The van der Waals surface area contributed by atoms with E-state index in [1.165, 1.54) is 29.2 Å². The van der Waals surface area contributed by atoms with Crippen molar-refractivity contribution in [3.05, 3.63) is 45.6 Å². The number of hydrogen-bond acceptors (Lipinski definition) is 7. The lowest BCUT2D eigenvalue weighted by Gasteiger charge is -2.36. The zero-order valence-electron chi connectivity index (χ0n) is 18.5. The second kappa shape index (κ2) is 9.57. The van der Waals surface area contributed by atoms with Gasteiger partial charge in [0.05, 0.1) is 29.8 Å². The Hall–Kier alpha value is -2.78. The minimum absolute atomic E-state index is 0.00344. The molecular weight excluding hydrogens is 400 g/mol. The Labute approximate surface area is 182 Å². The number of carbonyl (C=O) groups is 2. The lowest BCUT2D eigenvalue weighted by atomic mass is 10.00. The zero-order chi connectivity index (χ0) is 22.7. The van der Waals surface area contributed by atoms with Gasteiger partial charge in [0.25, 0.3) is 17.5 Å². The van der Waals surface area contributed by atoms with Crippen LogP contribution in [0.4, 0.5) is 5.69 Å². The third-order valence-electron chi connectivity index (χ3n) is 5.86. The summed E-state index contributed by atoms with van der Waals surface area (Å²) in [4.78, 5) is 42.5. The number of nitro benzene ring substituents is 1. The fourth-order valence-electron chi connectivity index (χ4n) is 4.05. The number of nitrogens with zero attached hydrogens (tertiary/aromatic N) is 4. The summed E-state index contributed by atoms with van der Waals surface area (Å²) < 4.78 is 5.55. The molecule has 0 N–H and O–H groups in total. The van der Waals surface area contributed by atoms with Gasteiger partial charge in [0.1, 0.15) is 5.70 Å². The molecule has 0 aromatic heterocycles. The zero-order valence-corrected chi connectivity index (χ0v) is 18.5. The Morgan fingerprint density at radius 2 is 1.77 bits per heavy atom. The predicted octanol–water partition coefficient (Wildman–Crippen LogP) is 2.13. The highest BCUT2D eigenvalue weighted by molar-refractivity contribution is 6.35. The summed E-state index contributed by atoms with van der Waals surface area (Å²) in [6.07, 6.45) is 1.78. The quantitative estimate of drug-likeness (QED) is 0.354. The summed E-state index contributed by atoms with van der Waals surface area (Å²) in [6, 6.07) is 5.93. The van der Waals surface area contributed by atoms with Crippen LogP contribution in [0, 0.1) is 10.1 Å². The van der Waals surface area contributed by atoms with E-state index < -0.39 is 4.92 Å². The van der Waals surface area contributed by atoms with Crippen molar-refractivity contribution in [1.82, 2.24) is 14.7 Å². The van der Waals surface area contributed by atoms with Crippen molar-refractivity contribution in [2.45, 2.75) is 38.8 Å². The van der Waals surface area contributed by atoms with Crippen molar-refractivity contribution in [3.8, 4) is 0 Å². The molecule has 1 saturated heterocycles. The highest BCUT2D eigenvalue weighted by atomic mass is 16.6. The Balaban J connectivity index is 1.95. The minimum Gasteiger partial charge on any atom is -0.377 e. The van der Waals surface area contributed by atoms with Gasteiger partial charge in [-0.2, -0.15) is 0 Å². The molecule has 9 nitrogen and oxygen atoms in total. The molecule has 0 atom stereocenters. The van der Waals surface area contributed by atoms with Gasteiger partial charge in [0, 0.05) is 25.2 Å². The van der Waals surface area contributed by atoms with Gasteiger partial charge in [0.15, 0.2) is 0 Å². The van der Waals surface area contributed by atoms with E-state index in [2.05, 4.69) is 11.9 Å². The average Bonchev–Trinajstić information content (AvgIpc) is 2.98. The number of amides is 2. The van der Waals surface area contributed by atoms with E-state index in [-0.39, 0.29) is 42.8 Å². The van der Waals surface area contributed by atoms with Gasteiger partial charge in [-0.25, -0.2) is 0 Å². The number of ether oxygens (including phenoxy) is 1. The Morgan fingerprint density at radius 1 is 1.16 bits per heavy atom. The molecule has 2 heterocycles. The fourth-order valence-corrected chi connectivity index (χ4v) is 4.05. The molecule has 2 aliphatic rings. The average molecular weight is 431 g/mol. The smallest absolute Gasteiger partial charge is 0.277 e. The number of nitro groups is 1. The van der Waals surface area contributed by atoms with Crippen molar-refractivity contribution in [1.29, 1.82) is 0 Å². The third kappa shape index (κ3) is 4.94. The number of benzene rings is 1. The first kappa shape index (κ1) is 22.9. The first-order valence-electron chi connectivity index (χ1n) is 10.6. The van der Waals surface area contributed by atoms with Crippen LogP contribution in [0.5, 0.6) is 0 Å². The number of likely N-dealkylation sites (tertiary alicyclic amines) is 1. The standard InChI is InChI=1S/C22H30N4O5/c1-15(2)31-14-13-25-21(27)19(16-5-7-18(8-6-16)26(29)30)20(22(25)28)24(4)17-9-11-23(3)12-10-17/h5-8,15,17H,9-14H2,1-4H3. The largest absolute Gasteiger partial charge is 0.377 e. The number of carbonyl (C=O) groups excluding carboxylic acids is 2. The Morgan fingerprint density at radius 3 is 2.32 bits per heavy atom. The van der Waals surface area contributed by atoms with Gasteiger partial charge in [0.2, 0.25) is 0 Å². The van der Waals surface area contributed by atoms with Gasteiger partial charge in [-0.1, -0.05) is 0 Å². The van der Waals surface area contributed by atoms with Crippen molar-refractivity contribution in [2.75, 3.05) is 40.3 Å². The predicted molar refractivity (Wildman–Crippen MR) is 116 cm³/mol. The number of hydrogen-bond donors (Lipinski definition) is 0. The molecule has 1 aromatic rings. The highest BCUT2D eigenvalue weighted by Crippen LogP contribution is 2.34. The molecule has 3 rings (SSSR count). The molecule has 168 valence electrons. The summed E-state index contributed by atoms with van der Waals surface area (Å²) in [5.41, 5.74) is 1.10. The number of rotatable bonds is 8. The van der Waals surface area contributed by atoms with Crippen LogP contribution in [0.15, 0.2) is 30.0 Å². The number of likely N-dealkylation sites (N-methyl/N-ethyl adjacent to an activating group) is 1. The summed E-state index contributed by atoms with van der Waals surface area (Å²) in [7, 11) is 3.93. The minimum atomic E-state index is -0.485. The first-order chi connectivity index (χ1) is 14.7. The Bertz CT molecular complexity index is 872. The molecule has 0 radical (unpaired) electrons.